The van der Waals surface area contributed by atoms with Gasteiger partial charge in [-0.1, -0.05) is 12.1 Å². The lowest BCUT2D eigenvalue weighted by Crippen LogP contribution is -2.11. The van der Waals surface area contributed by atoms with E-state index in [1.807, 2.05) is 62.9 Å². The Morgan fingerprint density at radius 2 is 2.00 bits per heavy atom. The van der Waals surface area contributed by atoms with E-state index >= 15 is 0 Å². The first kappa shape index (κ1) is 16.8. The van der Waals surface area contributed by atoms with Crippen molar-refractivity contribution in [1.82, 2.24) is 29.1 Å². The lowest BCUT2D eigenvalue weighted by atomic mass is 10.2. The third-order valence-corrected chi connectivity index (χ3v) is 4.22. The first-order chi connectivity index (χ1) is 13.2. The molecule has 3 aromatic heterocycles. The summed E-state index contributed by atoms with van der Waals surface area (Å²) >= 11 is 0. The number of nitrogens with zero attached hydrogens (tertiary/aromatic N) is 6. The van der Waals surface area contributed by atoms with Crippen LogP contribution >= 0.6 is 0 Å². The van der Waals surface area contributed by atoms with Crippen LogP contribution in [0.4, 0.5) is 0 Å². The molecule has 8 nitrogen and oxygen atoms in total. The molecule has 1 amide bonds. The van der Waals surface area contributed by atoms with Crippen molar-refractivity contribution in [2.24, 2.45) is 5.73 Å². The molecular formula is C19H19N7O. The summed E-state index contributed by atoms with van der Waals surface area (Å²) in [6, 6.07) is 9.94. The second kappa shape index (κ2) is 7.28. The highest BCUT2D eigenvalue weighted by Crippen LogP contribution is 2.23. The molecule has 27 heavy (non-hydrogen) atoms. The number of primary amides is 1. The van der Waals surface area contributed by atoms with Crippen LogP contribution in [-0.4, -0.2) is 35.0 Å². The number of amides is 1. The van der Waals surface area contributed by atoms with Crippen LogP contribution in [0.3, 0.4) is 0 Å². The number of rotatable bonds is 7. The molecule has 3 heterocycles. The molecule has 0 unspecified atom stereocenters. The fourth-order valence-electron chi connectivity index (χ4n) is 2.95. The van der Waals surface area contributed by atoms with Crippen molar-refractivity contribution in [3.8, 4) is 22.8 Å². The van der Waals surface area contributed by atoms with Gasteiger partial charge in [0, 0.05) is 49.5 Å². The summed E-state index contributed by atoms with van der Waals surface area (Å²) in [6.07, 6.45) is 12.1. The van der Waals surface area contributed by atoms with E-state index in [2.05, 4.69) is 15.2 Å². The average molecular weight is 361 g/mol. The van der Waals surface area contributed by atoms with Crippen molar-refractivity contribution >= 4 is 5.91 Å². The molecule has 2 N–H and O–H groups in total. The van der Waals surface area contributed by atoms with E-state index in [4.69, 9.17) is 5.73 Å². The highest BCUT2D eigenvalue weighted by Gasteiger charge is 2.11. The van der Waals surface area contributed by atoms with E-state index in [0.717, 1.165) is 22.8 Å². The highest BCUT2D eigenvalue weighted by atomic mass is 16.1. The number of aryl methyl sites for hydroxylation is 1. The smallest absolute Gasteiger partial charge is 0.217 e. The van der Waals surface area contributed by atoms with Crippen LogP contribution in [0.2, 0.25) is 0 Å². The summed E-state index contributed by atoms with van der Waals surface area (Å²) in [5.74, 6) is 0.525. The molecule has 0 atom stereocenters. The van der Waals surface area contributed by atoms with Gasteiger partial charge in [-0.05, 0) is 24.6 Å². The molecule has 0 aliphatic heterocycles. The molecule has 4 rings (SSSR count). The maximum absolute atomic E-state index is 10.9. The van der Waals surface area contributed by atoms with E-state index < -0.39 is 0 Å². The first-order valence-corrected chi connectivity index (χ1v) is 8.65. The van der Waals surface area contributed by atoms with Gasteiger partial charge in [0.1, 0.15) is 5.82 Å². The van der Waals surface area contributed by atoms with E-state index in [9.17, 15) is 4.79 Å². The van der Waals surface area contributed by atoms with Gasteiger partial charge in [-0.2, -0.15) is 10.2 Å². The molecule has 4 aromatic rings. The predicted octanol–water partition coefficient (Wildman–Crippen LogP) is 2.19. The minimum absolute atomic E-state index is 0.295. The van der Waals surface area contributed by atoms with E-state index in [0.29, 0.717) is 19.4 Å². The van der Waals surface area contributed by atoms with Gasteiger partial charge in [-0.15, -0.1) is 0 Å². The summed E-state index contributed by atoms with van der Waals surface area (Å²) < 4.78 is 5.61. The van der Waals surface area contributed by atoms with Crippen LogP contribution in [0.1, 0.15) is 12.8 Å². The Labute approximate surface area is 155 Å². The topological polar surface area (TPSA) is 96.6 Å². The zero-order chi connectivity index (χ0) is 18.6. The SMILES string of the molecule is NC(=O)CCCn1cc(-n2ccnc2-c2cccc(-n3cccn3)c2)cn1. The minimum atomic E-state index is -0.295. The van der Waals surface area contributed by atoms with Gasteiger partial charge in [-0.3, -0.25) is 14.0 Å². The summed E-state index contributed by atoms with van der Waals surface area (Å²) in [7, 11) is 0. The number of hydrogen-bond acceptors (Lipinski definition) is 4. The molecule has 0 bridgehead atoms. The Morgan fingerprint density at radius 3 is 2.81 bits per heavy atom. The van der Waals surface area contributed by atoms with Crippen molar-refractivity contribution in [2.75, 3.05) is 0 Å². The fourth-order valence-corrected chi connectivity index (χ4v) is 2.95. The van der Waals surface area contributed by atoms with Crippen molar-refractivity contribution in [2.45, 2.75) is 19.4 Å². The zero-order valence-corrected chi connectivity index (χ0v) is 14.6. The van der Waals surface area contributed by atoms with Gasteiger partial charge in [0.2, 0.25) is 5.91 Å². The van der Waals surface area contributed by atoms with Crippen molar-refractivity contribution in [1.29, 1.82) is 0 Å². The molecule has 0 saturated heterocycles. The van der Waals surface area contributed by atoms with Crippen molar-refractivity contribution in [3.05, 3.63) is 67.5 Å². The van der Waals surface area contributed by atoms with Crippen molar-refractivity contribution < 1.29 is 4.79 Å². The number of aromatic nitrogens is 6. The van der Waals surface area contributed by atoms with Gasteiger partial charge in [0.25, 0.3) is 0 Å². The number of carbonyl (C=O) groups is 1. The second-order valence-corrected chi connectivity index (χ2v) is 6.15. The van der Waals surface area contributed by atoms with Crippen LogP contribution in [-0.2, 0) is 11.3 Å². The first-order valence-electron chi connectivity index (χ1n) is 8.65. The number of carbonyl (C=O) groups excluding carboxylic acids is 1. The standard InChI is InChI=1S/C19H19N7O/c20-18(27)6-2-9-24-14-17(13-23-24)25-11-8-21-19(25)15-4-1-5-16(12-15)26-10-3-7-22-26/h1,3-5,7-8,10-14H,2,6,9H2,(H2,20,27). The Bertz CT molecular complexity index is 1050. The predicted molar refractivity (Wildman–Crippen MR) is 100 cm³/mol. The molecule has 136 valence electrons. The molecule has 0 radical (unpaired) electrons. The third-order valence-electron chi connectivity index (χ3n) is 4.22. The lowest BCUT2D eigenvalue weighted by molar-refractivity contribution is -0.118. The Kier molecular flexibility index (Phi) is 4.52. The number of imidazole rings is 1. The summed E-state index contributed by atoms with van der Waals surface area (Å²) in [5.41, 5.74) is 8.04. The number of nitrogens with two attached hydrogens (primary N) is 1. The van der Waals surface area contributed by atoms with Crippen LogP contribution in [0, 0.1) is 0 Å². The monoisotopic (exact) mass is 361 g/mol. The van der Waals surface area contributed by atoms with Crippen LogP contribution in [0.15, 0.2) is 67.5 Å². The molecule has 1 aromatic carbocycles. The summed E-state index contributed by atoms with van der Waals surface area (Å²) in [6.45, 7) is 0.641. The summed E-state index contributed by atoms with van der Waals surface area (Å²) in [5, 5.41) is 8.64. The molecule has 0 fully saturated rings. The molecule has 0 saturated carbocycles. The molecule has 0 aliphatic carbocycles. The quantitative estimate of drug-likeness (QED) is 0.546. The molecule has 0 spiro atoms. The molecular weight excluding hydrogens is 342 g/mol. The maximum atomic E-state index is 10.9. The minimum Gasteiger partial charge on any atom is -0.370 e. The number of hydrogen-bond donors (Lipinski definition) is 1. The Morgan fingerprint density at radius 1 is 1.07 bits per heavy atom. The normalized spacial score (nSPS) is 11.0. The Balaban J connectivity index is 1.60. The highest BCUT2D eigenvalue weighted by molar-refractivity contribution is 5.73. The second-order valence-electron chi connectivity index (χ2n) is 6.15. The van der Waals surface area contributed by atoms with E-state index in [1.165, 1.54) is 0 Å². The fraction of sp³-hybridized carbons (Fsp3) is 0.158. The van der Waals surface area contributed by atoms with Gasteiger partial charge in [0.05, 0.1) is 17.6 Å². The van der Waals surface area contributed by atoms with Gasteiger partial charge in [0.15, 0.2) is 0 Å². The lowest BCUT2D eigenvalue weighted by Gasteiger charge is -2.08. The molecule has 8 heteroatoms. The van der Waals surface area contributed by atoms with Gasteiger partial charge in [-0.25, -0.2) is 9.67 Å². The van der Waals surface area contributed by atoms with Crippen LogP contribution in [0.25, 0.3) is 22.8 Å². The number of benzene rings is 1. The molecule has 0 aliphatic rings. The van der Waals surface area contributed by atoms with E-state index in [-0.39, 0.29) is 5.91 Å². The average Bonchev–Trinajstić information content (AvgIpc) is 3.42. The van der Waals surface area contributed by atoms with Crippen LogP contribution < -0.4 is 5.73 Å². The largest absolute Gasteiger partial charge is 0.370 e. The van der Waals surface area contributed by atoms with E-state index in [1.54, 1.807) is 18.6 Å². The maximum Gasteiger partial charge on any atom is 0.217 e. The summed E-state index contributed by atoms with van der Waals surface area (Å²) in [4.78, 5) is 15.4. The Hall–Kier alpha value is -3.68. The van der Waals surface area contributed by atoms with Gasteiger partial charge < -0.3 is 5.73 Å². The van der Waals surface area contributed by atoms with Crippen LogP contribution in [0.5, 0.6) is 0 Å². The third kappa shape index (κ3) is 3.64. The zero-order valence-electron chi connectivity index (χ0n) is 14.6. The van der Waals surface area contributed by atoms with Crippen molar-refractivity contribution in [3.63, 3.8) is 0 Å². The van der Waals surface area contributed by atoms with Gasteiger partial charge >= 0.3 is 0 Å².